The molecule has 1 aromatic carbocycles. The first-order valence-corrected chi connectivity index (χ1v) is 4.88. The fourth-order valence-corrected chi connectivity index (χ4v) is 1.55. The predicted octanol–water partition coefficient (Wildman–Crippen LogP) is 1.57. The van der Waals surface area contributed by atoms with Crippen LogP contribution in [0.2, 0.25) is 0 Å². The molecule has 0 fully saturated rings. The van der Waals surface area contributed by atoms with E-state index < -0.39 is 0 Å². The van der Waals surface area contributed by atoms with Gasteiger partial charge in [-0.1, -0.05) is 0 Å². The topological polar surface area (TPSA) is 63.8 Å². The van der Waals surface area contributed by atoms with E-state index in [1.165, 1.54) is 11.1 Å². The molecule has 15 heavy (non-hydrogen) atoms. The highest BCUT2D eigenvalue weighted by atomic mass is 15.1. The monoisotopic (exact) mass is 202 g/mol. The van der Waals surface area contributed by atoms with E-state index in [0.717, 1.165) is 16.7 Å². The molecule has 2 aromatic rings. The Balaban J connectivity index is 2.68. The SMILES string of the molecule is Cc1cc2ncnc(NCN)c2cc1C. The van der Waals surface area contributed by atoms with Crippen molar-refractivity contribution in [1.82, 2.24) is 9.97 Å². The average Bonchev–Trinajstić information content (AvgIpc) is 2.21. The Morgan fingerprint density at radius 3 is 2.67 bits per heavy atom. The van der Waals surface area contributed by atoms with Gasteiger partial charge in [-0.05, 0) is 37.1 Å². The first-order valence-electron chi connectivity index (χ1n) is 4.88. The molecule has 0 atom stereocenters. The number of hydrogen-bond donors (Lipinski definition) is 2. The van der Waals surface area contributed by atoms with E-state index in [-0.39, 0.29) is 0 Å². The summed E-state index contributed by atoms with van der Waals surface area (Å²) in [6.45, 7) is 4.53. The number of hydrogen-bond acceptors (Lipinski definition) is 4. The summed E-state index contributed by atoms with van der Waals surface area (Å²) in [7, 11) is 0. The molecule has 4 nitrogen and oxygen atoms in total. The van der Waals surface area contributed by atoms with Crippen molar-refractivity contribution in [1.29, 1.82) is 0 Å². The van der Waals surface area contributed by atoms with Gasteiger partial charge in [-0.15, -0.1) is 0 Å². The second-order valence-corrected chi connectivity index (χ2v) is 3.56. The van der Waals surface area contributed by atoms with Crippen LogP contribution in [0.1, 0.15) is 11.1 Å². The average molecular weight is 202 g/mol. The first kappa shape index (κ1) is 9.86. The van der Waals surface area contributed by atoms with Gasteiger partial charge in [-0.25, -0.2) is 9.97 Å². The van der Waals surface area contributed by atoms with E-state index in [1.54, 1.807) is 6.33 Å². The van der Waals surface area contributed by atoms with Crippen molar-refractivity contribution in [2.45, 2.75) is 13.8 Å². The third-order valence-corrected chi connectivity index (χ3v) is 2.52. The van der Waals surface area contributed by atoms with Crippen LogP contribution in [0.25, 0.3) is 10.9 Å². The molecule has 1 heterocycles. The Kier molecular flexibility index (Phi) is 2.51. The highest BCUT2D eigenvalue weighted by Crippen LogP contribution is 2.22. The van der Waals surface area contributed by atoms with Crippen molar-refractivity contribution < 1.29 is 0 Å². The zero-order chi connectivity index (χ0) is 10.8. The lowest BCUT2D eigenvalue weighted by Crippen LogP contribution is -2.12. The Morgan fingerprint density at radius 1 is 1.20 bits per heavy atom. The molecule has 0 aliphatic carbocycles. The molecule has 0 aliphatic rings. The lowest BCUT2D eigenvalue weighted by molar-refractivity contribution is 1.10. The number of nitrogens with one attached hydrogen (secondary N) is 1. The van der Waals surface area contributed by atoms with Gasteiger partial charge in [-0.2, -0.15) is 0 Å². The van der Waals surface area contributed by atoms with Crippen LogP contribution in [-0.4, -0.2) is 16.6 Å². The molecule has 0 unspecified atom stereocenters. The van der Waals surface area contributed by atoms with E-state index in [0.29, 0.717) is 6.67 Å². The van der Waals surface area contributed by atoms with Crippen LogP contribution in [0.5, 0.6) is 0 Å². The number of benzene rings is 1. The summed E-state index contributed by atoms with van der Waals surface area (Å²) >= 11 is 0. The summed E-state index contributed by atoms with van der Waals surface area (Å²) in [5, 5.41) is 4.04. The zero-order valence-electron chi connectivity index (χ0n) is 8.91. The Morgan fingerprint density at radius 2 is 1.93 bits per heavy atom. The third-order valence-electron chi connectivity index (χ3n) is 2.52. The van der Waals surface area contributed by atoms with Crippen molar-refractivity contribution >= 4 is 16.7 Å². The normalized spacial score (nSPS) is 10.6. The minimum absolute atomic E-state index is 0.374. The summed E-state index contributed by atoms with van der Waals surface area (Å²) in [4.78, 5) is 8.40. The molecule has 0 aliphatic heterocycles. The summed E-state index contributed by atoms with van der Waals surface area (Å²) in [6, 6.07) is 4.15. The quantitative estimate of drug-likeness (QED) is 0.726. The second-order valence-electron chi connectivity index (χ2n) is 3.56. The molecule has 0 bridgehead atoms. The number of anilines is 1. The van der Waals surface area contributed by atoms with Gasteiger partial charge < -0.3 is 11.1 Å². The third kappa shape index (κ3) is 1.76. The highest BCUT2D eigenvalue weighted by molar-refractivity contribution is 5.89. The summed E-state index contributed by atoms with van der Waals surface area (Å²) in [6.07, 6.45) is 1.55. The van der Waals surface area contributed by atoms with Crippen LogP contribution in [0.4, 0.5) is 5.82 Å². The van der Waals surface area contributed by atoms with E-state index in [2.05, 4.69) is 41.3 Å². The Hall–Kier alpha value is -1.68. The maximum absolute atomic E-state index is 5.45. The van der Waals surface area contributed by atoms with Crippen LogP contribution in [-0.2, 0) is 0 Å². The number of fused-ring (bicyclic) bond motifs is 1. The zero-order valence-corrected chi connectivity index (χ0v) is 8.91. The van der Waals surface area contributed by atoms with Crippen molar-refractivity contribution in [2.75, 3.05) is 12.0 Å². The molecule has 2 rings (SSSR count). The second kappa shape index (κ2) is 3.82. The fourth-order valence-electron chi connectivity index (χ4n) is 1.55. The lowest BCUT2D eigenvalue weighted by Gasteiger charge is -2.08. The first-order chi connectivity index (χ1) is 7.22. The van der Waals surface area contributed by atoms with Gasteiger partial charge in [0, 0.05) is 5.39 Å². The smallest absolute Gasteiger partial charge is 0.138 e. The maximum atomic E-state index is 5.45. The summed E-state index contributed by atoms with van der Waals surface area (Å²) in [5.74, 6) is 0.797. The van der Waals surface area contributed by atoms with Crippen molar-refractivity contribution in [3.63, 3.8) is 0 Å². The number of nitrogens with zero attached hydrogens (tertiary/aromatic N) is 2. The molecule has 78 valence electrons. The molecule has 4 heteroatoms. The molecule has 0 saturated heterocycles. The number of aryl methyl sites for hydroxylation is 2. The van der Waals surface area contributed by atoms with Crippen LogP contribution in [0.15, 0.2) is 18.5 Å². The Bertz CT molecular complexity index is 493. The standard InChI is InChI=1S/C11H14N4/c1-7-3-9-10(4-8(7)2)14-6-15-11(9)13-5-12/h3-4,6H,5,12H2,1-2H3,(H,13,14,15). The summed E-state index contributed by atoms with van der Waals surface area (Å²) in [5.41, 5.74) is 8.87. The van der Waals surface area contributed by atoms with Gasteiger partial charge in [-0.3, -0.25) is 0 Å². The van der Waals surface area contributed by atoms with Crippen molar-refractivity contribution in [3.8, 4) is 0 Å². The molecule has 0 saturated carbocycles. The van der Waals surface area contributed by atoms with E-state index in [9.17, 15) is 0 Å². The molecule has 0 radical (unpaired) electrons. The van der Waals surface area contributed by atoms with Gasteiger partial charge >= 0.3 is 0 Å². The van der Waals surface area contributed by atoms with E-state index in [4.69, 9.17) is 5.73 Å². The van der Waals surface area contributed by atoms with Gasteiger partial charge in [0.05, 0.1) is 12.2 Å². The minimum atomic E-state index is 0.374. The molecule has 0 spiro atoms. The van der Waals surface area contributed by atoms with E-state index in [1.807, 2.05) is 0 Å². The van der Waals surface area contributed by atoms with Crippen molar-refractivity contribution in [2.24, 2.45) is 5.73 Å². The predicted molar refractivity (Wildman–Crippen MR) is 61.7 cm³/mol. The van der Waals surface area contributed by atoms with Crippen LogP contribution < -0.4 is 11.1 Å². The summed E-state index contributed by atoms with van der Waals surface area (Å²) < 4.78 is 0. The fraction of sp³-hybridized carbons (Fsp3) is 0.273. The van der Waals surface area contributed by atoms with Gasteiger partial charge in [0.1, 0.15) is 12.1 Å². The molecular weight excluding hydrogens is 188 g/mol. The molecular formula is C11H14N4. The number of rotatable bonds is 2. The number of aromatic nitrogens is 2. The van der Waals surface area contributed by atoms with Gasteiger partial charge in [0.15, 0.2) is 0 Å². The molecule has 0 amide bonds. The minimum Gasteiger partial charge on any atom is -0.357 e. The maximum Gasteiger partial charge on any atom is 0.138 e. The Labute approximate surface area is 88.5 Å². The largest absolute Gasteiger partial charge is 0.357 e. The van der Waals surface area contributed by atoms with Gasteiger partial charge in [0.2, 0.25) is 0 Å². The van der Waals surface area contributed by atoms with Crippen LogP contribution >= 0.6 is 0 Å². The van der Waals surface area contributed by atoms with Crippen LogP contribution in [0, 0.1) is 13.8 Å². The molecule has 3 N–H and O–H groups in total. The number of nitrogens with two attached hydrogens (primary N) is 1. The van der Waals surface area contributed by atoms with Gasteiger partial charge in [0.25, 0.3) is 0 Å². The van der Waals surface area contributed by atoms with Crippen molar-refractivity contribution in [3.05, 3.63) is 29.6 Å². The lowest BCUT2D eigenvalue weighted by atomic mass is 10.1. The highest BCUT2D eigenvalue weighted by Gasteiger charge is 2.04. The van der Waals surface area contributed by atoms with E-state index >= 15 is 0 Å². The van der Waals surface area contributed by atoms with Crippen LogP contribution in [0.3, 0.4) is 0 Å². The molecule has 1 aromatic heterocycles.